The number of benzene rings is 5. The number of aromatic amines is 2. The molecule has 11 N–H and O–H groups in total. The fourth-order valence-electron chi connectivity index (χ4n) is 16.1. The van der Waals surface area contributed by atoms with E-state index in [1.54, 1.807) is 64.6 Å². The van der Waals surface area contributed by atoms with Crippen LogP contribution in [-0.4, -0.2) is 71.6 Å². The van der Waals surface area contributed by atoms with Gasteiger partial charge in [-0.2, -0.15) is 21.0 Å². The first kappa shape index (κ1) is 124. The second-order valence-corrected chi connectivity index (χ2v) is 53.5. The Labute approximate surface area is 939 Å². The van der Waals surface area contributed by atoms with Crippen LogP contribution in [0.15, 0.2) is 196 Å². The average Bonchev–Trinajstić information content (AvgIpc) is 1.68. The molecule has 3 fully saturated rings. The molecular formula is C111H131BBrCl4KN13O7PS5. The molecule has 3 aliphatic rings. The van der Waals surface area contributed by atoms with Gasteiger partial charge in [0.05, 0.1) is 65.9 Å². The van der Waals surface area contributed by atoms with Gasteiger partial charge in [-0.15, -0.1) is 56.7 Å². The molecule has 1 amide bonds. The number of carbonyl (C=O) groups excluding carboxylic acids is 1. The van der Waals surface area contributed by atoms with Crippen molar-refractivity contribution in [2.24, 2.45) is 11.5 Å². The predicted octanol–water partition coefficient (Wildman–Crippen LogP) is 28.9. The summed E-state index contributed by atoms with van der Waals surface area (Å²) in [5.41, 5.74) is 25.8. The fraction of sp³-hybridized carbons (Fsp3) is 0.369. The van der Waals surface area contributed by atoms with Crippen LogP contribution < -0.4 is 90.1 Å². The van der Waals surface area contributed by atoms with Gasteiger partial charge in [0, 0.05) is 84.8 Å². The number of hydrogen-bond acceptors (Lipinski definition) is 22. The van der Waals surface area contributed by atoms with Crippen molar-refractivity contribution in [2.45, 2.75) is 268 Å². The maximum atomic E-state index is 12.0. The molecule has 10 heterocycles. The Balaban J connectivity index is 0.000000261. The Morgan fingerprint density at radius 3 is 1.03 bits per heavy atom. The van der Waals surface area contributed by atoms with Crippen molar-refractivity contribution in [2.75, 3.05) is 10.6 Å². The van der Waals surface area contributed by atoms with Crippen LogP contribution in [0.4, 0.5) is 11.6 Å². The van der Waals surface area contributed by atoms with E-state index in [0.29, 0.717) is 67.3 Å². The predicted molar refractivity (Wildman–Crippen MR) is 615 cm³/mol. The van der Waals surface area contributed by atoms with Crippen LogP contribution in [0.3, 0.4) is 0 Å². The molecule has 15 aromatic rings. The molecule has 0 atom stereocenters. The summed E-state index contributed by atoms with van der Waals surface area (Å²) >= 11 is 31.0. The van der Waals surface area contributed by atoms with Gasteiger partial charge in [-0.25, -0.2) is 15.0 Å². The van der Waals surface area contributed by atoms with Gasteiger partial charge in [-0.3, -0.25) is 18.9 Å². The van der Waals surface area contributed by atoms with E-state index in [1.807, 2.05) is 30.3 Å². The van der Waals surface area contributed by atoms with E-state index in [1.165, 1.54) is 176 Å². The van der Waals surface area contributed by atoms with Crippen LogP contribution in [-0.2, 0) is 31.6 Å². The summed E-state index contributed by atoms with van der Waals surface area (Å²) < 4.78 is 14.7. The molecule has 0 bridgehead atoms. The summed E-state index contributed by atoms with van der Waals surface area (Å²) in [6, 6.07) is 61.9. The number of hydrogen-bond donors (Lipinski definition) is 8. The van der Waals surface area contributed by atoms with Crippen LogP contribution in [0, 0.1) is 45.3 Å². The zero-order valence-electron chi connectivity index (χ0n) is 82.4. The van der Waals surface area contributed by atoms with Crippen molar-refractivity contribution in [3.05, 3.63) is 268 Å². The molecule has 0 unspecified atom stereocenters. The van der Waals surface area contributed by atoms with E-state index in [4.69, 9.17) is 43.6 Å². The van der Waals surface area contributed by atoms with Gasteiger partial charge in [0.2, 0.25) is 0 Å². The summed E-state index contributed by atoms with van der Waals surface area (Å²) in [7, 11) is -1.37. The standard InChI is InChI=1S/C24H29N3OS.C24H27N3S.C18H15ClN2S.C18H16N2OS.C10H15BO2.C8H3BrN2OS.C6H13N.3CH4.Cl3OP.K.H2O/c1-24(2,3)16-11-9-15(10-12-16)20-13-18-21(29-20)19(22(25)28)14-26-23(18)27-17-7-5-4-6-8-17;1-24(2,3)18-11-9-16(10-12-18)21-13-20-22(28-21)17(14-25)15-26-23(20)27-19-7-5-4-6-8-19;1-18(2,3)13-6-4-11(5-7-13)15-8-14-16(22-15)12(9-20)10-21-17(14)19;1-18(2,3)13-6-4-11(5-7-13)15-8-14-16(22-15)12(9-19)10-20-17(14)21;1-10(2,3)8-4-6-9(7-5-8)11(12)13;9-6-1-5-7(13-6)4(2-10)3-11-8(5)12;7-6-4-2-1-3-5-6;;;;1-5(2,3)4;;/h9-14,17H,4-8H2,1-3H3,(H2,25,28)(H,26,27);9-13,15,19H,4-8H2,1-3H3,(H,26,27);4-8,10H,1-3H3;4-8,10H,1-3H3,(H,20,21);4-7,12-13H,1-3H3;1,3H,(H,11,12);6H,1-5,7H2;3*1H4;;;1H2/q;;;;;;;;;;;+1;/p-1. The summed E-state index contributed by atoms with van der Waals surface area (Å²) in [5.74, 6) is 1.36. The number of nitrogens with zero attached hydrogens (tertiary/aromatic N) is 7. The molecule has 10 aromatic heterocycles. The quantitative estimate of drug-likeness (QED) is 0.0358. The molecule has 5 aromatic carbocycles. The number of halogens is 5. The number of carbonyl (C=O) groups is 1. The molecule has 0 saturated heterocycles. The van der Waals surface area contributed by atoms with Crippen molar-refractivity contribution in [3.63, 3.8) is 0 Å². The van der Waals surface area contributed by atoms with Gasteiger partial charge in [-0.05, 0) is 201 Å². The largest absolute Gasteiger partial charge is 1.00 e. The molecule has 756 valence electrons. The summed E-state index contributed by atoms with van der Waals surface area (Å²) in [4.78, 5) is 58.0. The normalized spacial score (nSPS) is 13.3. The van der Waals surface area contributed by atoms with Crippen LogP contribution in [0.5, 0.6) is 0 Å². The number of thiophene rings is 5. The topological polar surface area (TPSA) is 380 Å². The number of nitrogens with two attached hydrogens (primary N) is 2. The molecule has 0 spiro atoms. The third kappa shape index (κ3) is 34.6. The van der Waals surface area contributed by atoms with E-state index in [9.17, 15) is 29.5 Å². The van der Waals surface area contributed by atoms with E-state index >= 15 is 0 Å². The number of fused-ring (bicyclic) bond motifs is 5. The molecular weight excluding hydrogens is 2090 g/mol. The van der Waals surface area contributed by atoms with Crippen LogP contribution in [0.25, 0.3) is 92.2 Å². The molecule has 0 aliphatic heterocycles. The molecule has 3 aliphatic carbocycles. The molecule has 20 nitrogen and oxygen atoms in total. The number of anilines is 2. The van der Waals surface area contributed by atoms with Crippen molar-refractivity contribution >= 4 is 204 Å². The summed E-state index contributed by atoms with van der Waals surface area (Å²) in [5, 5.41) is 63.0. The zero-order chi connectivity index (χ0) is 101. The number of primary amides is 1. The molecule has 3 saturated carbocycles. The van der Waals surface area contributed by atoms with Crippen molar-refractivity contribution in [1.29, 1.82) is 21.0 Å². The minimum Gasteiger partial charge on any atom is -0.870 e. The van der Waals surface area contributed by atoms with Crippen LogP contribution in [0.2, 0.25) is 5.15 Å². The smallest absolute Gasteiger partial charge is 0.870 e. The maximum Gasteiger partial charge on any atom is 1.00 e. The number of aromatic nitrogens is 5. The number of nitrogens with one attached hydrogen (secondary N) is 4. The van der Waals surface area contributed by atoms with Gasteiger partial charge in [0.25, 0.3) is 17.0 Å². The average molecular weight is 2220 g/mol. The van der Waals surface area contributed by atoms with E-state index in [0.717, 1.165) is 86.4 Å². The number of pyridine rings is 5. The Morgan fingerprint density at radius 2 is 0.715 bits per heavy atom. The van der Waals surface area contributed by atoms with Crippen LogP contribution >= 0.6 is 123 Å². The van der Waals surface area contributed by atoms with Gasteiger partial charge in [0.1, 0.15) is 41.1 Å². The molecule has 144 heavy (non-hydrogen) atoms. The Hall–Kier alpha value is -8.31. The fourth-order valence-corrected chi connectivity index (χ4v) is 22.5. The molecule has 18 rings (SSSR count). The number of nitriles is 4. The first-order chi connectivity index (χ1) is 65.6. The van der Waals surface area contributed by atoms with Gasteiger partial charge in [0.15, 0.2) is 0 Å². The van der Waals surface area contributed by atoms with E-state index in [-0.39, 0.29) is 117 Å². The summed E-state index contributed by atoms with van der Waals surface area (Å²) in [6.45, 7) is 32.9. The van der Waals surface area contributed by atoms with Crippen molar-refractivity contribution in [1.82, 2.24) is 24.9 Å². The van der Waals surface area contributed by atoms with Gasteiger partial charge >= 0.3 is 63.7 Å². The van der Waals surface area contributed by atoms with Crippen LogP contribution in [0.1, 0.15) is 283 Å². The SMILES string of the molecule is C.C.C.CC(C)(C)c1ccc(-c2cc3c(=O)[nH]cc(C#N)c3s2)cc1.CC(C)(C)c1ccc(-c2cc3c(Cl)ncc(C#N)c3s2)cc1.CC(C)(C)c1ccc(-c2cc3c(NC4CCCCC4)ncc(C#N)c3s2)cc1.CC(C)(C)c1ccc(-c2cc3c(NC4CCCCC4)ncc(C(N)=O)c3s2)cc1.CC(C)(C)c1ccc(B(O)O)cc1.N#Cc1c[nH]c(=O)c2cc(Br)sc12.NC1CCCCC1.O=P(Cl)(Cl)Cl.[K+].[OH-]. The van der Waals surface area contributed by atoms with Crippen molar-refractivity contribution in [3.8, 4) is 66.0 Å². The van der Waals surface area contributed by atoms with Gasteiger partial charge in [-0.1, -0.05) is 317 Å². The second kappa shape index (κ2) is 55.3. The molecule has 0 radical (unpaired) electrons. The Morgan fingerprint density at radius 1 is 0.438 bits per heavy atom. The third-order valence-corrected chi connectivity index (χ3v) is 31.1. The first-order valence-corrected chi connectivity index (χ1v) is 56.0. The minimum atomic E-state index is -3.22. The minimum absolute atomic E-state index is 0. The van der Waals surface area contributed by atoms with Gasteiger partial charge < -0.3 is 47.6 Å². The summed E-state index contributed by atoms with van der Waals surface area (Å²) in [6.07, 6.45) is 26.9. The number of H-pyrrole nitrogens is 2. The molecule has 33 heteroatoms. The van der Waals surface area contributed by atoms with E-state index < -0.39 is 18.2 Å². The Kier molecular flexibility index (Phi) is 47.7. The maximum absolute atomic E-state index is 12.0. The monoisotopic (exact) mass is 2220 g/mol. The first-order valence-electron chi connectivity index (χ1n) is 46.3. The number of amides is 1. The zero-order valence-corrected chi connectivity index (χ0v) is 95.1. The van der Waals surface area contributed by atoms with Crippen molar-refractivity contribution < 1.29 is 76.3 Å². The Bertz CT molecular complexity index is 7140. The third-order valence-electron chi connectivity index (χ3n) is 24.2. The van der Waals surface area contributed by atoms with E-state index in [2.05, 4.69) is 316 Å². The second-order valence-electron chi connectivity index (χ2n) is 39.9. The number of rotatable bonds is 10.